The van der Waals surface area contributed by atoms with E-state index in [1.54, 1.807) is 0 Å². The van der Waals surface area contributed by atoms with E-state index in [1.165, 1.54) is 12.1 Å². The number of nitrogens with one attached hydrogen (secondary N) is 1. The standard InChI is InChI=1S/C13H18N2O5S/c14-11-6-9(13(17)18)2-4-12(11)21(19,20)15-7-8-1-3-10(16)5-8/h2,4,6,8,10,15-16H,1,3,5,7,14H2,(H,17,18). The number of nitrogen functional groups attached to an aromatic ring is 1. The highest BCUT2D eigenvalue weighted by Gasteiger charge is 2.25. The van der Waals surface area contributed by atoms with Crippen molar-refractivity contribution in [3.05, 3.63) is 23.8 Å². The van der Waals surface area contributed by atoms with Gasteiger partial charge in [-0.3, -0.25) is 0 Å². The fourth-order valence-electron chi connectivity index (χ4n) is 2.47. The summed E-state index contributed by atoms with van der Waals surface area (Å²) in [4.78, 5) is 10.7. The van der Waals surface area contributed by atoms with Crippen LogP contribution in [0, 0.1) is 5.92 Å². The molecule has 0 aliphatic heterocycles. The Morgan fingerprint density at radius 3 is 2.62 bits per heavy atom. The van der Waals surface area contributed by atoms with Crippen LogP contribution in [0.5, 0.6) is 0 Å². The average molecular weight is 314 g/mol. The van der Waals surface area contributed by atoms with E-state index in [0.717, 1.165) is 12.5 Å². The van der Waals surface area contributed by atoms with Crippen LogP contribution in [0.4, 0.5) is 5.69 Å². The predicted molar refractivity (Wildman–Crippen MR) is 76.4 cm³/mol. The van der Waals surface area contributed by atoms with Crippen LogP contribution in [0.25, 0.3) is 0 Å². The van der Waals surface area contributed by atoms with Crippen molar-refractivity contribution in [1.29, 1.82) is 0 Å². The molecule has 0 radical (unpaired) electrons. The summed E-state index contributed by atoms with van der Waals surface area (Å²) in [6, 6.07) is 3.51. The largest absolute Gasteiger partial charge is 0.478 e. The smallest absolute Gasteiger partial charge is 0.335 e. The molecule has 1 aromatic rings. The van der Waals surface area contributed by atoms with Crippen LogP contribution < -0.4 is 10.5 Å². The highest BCUT2D eigenvalue weighted by atomic mass is 32.2. The first-order valence-electron chi connectivity index (χ1n) is 6.60. The summed E-state index contributed by atoms with van der Waals surface area (Å²) in [6.07, 6.45) is 1.67. The van der Waals surface area contributed by atoms with Gasteiger partial charge < -0.3 is 15.9 Å². The molecule has 0 amide bonds. The molecule has 5 N–H and O–H groups in total. The van der Waals surface area contributed by atoms with E-state index in [-0.39, 0.29) is 34.7 Å². The lowest BCUT2D eigenvalue weighted by molar-refractivity contribution is 0.0697. The van der Waals surface area contributed by atoms with E-state index in [0.29, 0.717) is 12.8 Å². The maximum Gasteiger partial charge on any atom is 0.335 e. The summed E-state index contributed by atoms with van der Waals surface area (Å²) < 4.78 is 26.8. The number of carboxylic acid groups (broad SMARTS) is 1. The maximum atomic E-state index is 12.2. The molecule has 116 valence electrons. The second-order valence-corrected chi connectivity index (χ2v) is 6.98. The molecule has 0 aromatic heterocycles. The van der Waals surface area contributed by atoms with E-state index in [9.17, 15) is 18.3 Å². The molecule has 0 bridgehead atoms. The third-order valence-electron chi connectivity index (χ3n) is 3.62. The quantitative estimate of drug-likeness (QED) is 0.582. The summed E-state index contributed by atoms with van der Waals surface area (Å²) in [6.45, 7) is 0.236. The number of nitrogens with two attached hydrogens (primary N) is 1. The summed E-state index contributed by atoms with van der Waals surface area (Å²) in [5.41, 5.74) is 5.46. The van der Waals surface area contributed by atoms with Crippen molar-refractivity contribution in [1.82, 2.24) is 4.72 Å². The zero-order valence-corrected chi connectivity index (χ0v) is 12.1. The normalized spacial score (nSPS) is 22.3. The minimum absolute atomic E-state index is 0.0645. The van der Waals surface area contributed by atoms with Crippen LogP contribution in [0.15, 0.2) is 23.1 Å². The van der Waals surface area contributed by atoms with Gasteiger partial charge >= 0.3 is 5.97 Å². The molecule has 2 atom stereocenters. The summed E-state index contributed by atoms with van der Waals surface area (Å²) >= 11 is 0. The van der Waals surface area contributed by atoms with Crippen molar-refractivity contribution < 1.29 is 23.4 Å². The number of sulfonamides is 1. The Hall–Kier alpha value is -1.64. The fraction of sp³-hybridized carbons (Fsp3) is 0.462. The highest BCUT2D eigenvalue weighted by Crippen LogP contribution is 2.26. The Bertz CT molecular complexity index is 644. The number of hydrogen-bond donors (Lipinski definition) is 4. The Balaban J connectivity index is 2.10. The molecule has 7 nitrogen and oxygen atoms in total. The van der Waals surface area contributed by atoms with Gasteiger partial charge in [0.15, 0.2) is 0 Å². The fourth-order valence-corrected chi connectivity index (χ4v) is 3.69. The van der Waals surface area contributed by atoms with Crippen molar-refractivity contribution in [3.8, 4) is 0 Å². The predicted octanol–water partition coefficient (Wildman–Crippen LogP) is 0.406. The lowest BCUT2D eigenvalue weighted by Crippen LogP contribution is -2.29. The first-order valence-corrected chi connectivity index (χ1v) is 8.08. The van der Waals surface area contributed by atoms with Crippen molar-refractivity contribution in [2.75, 3.05) is 12.3 Å². The lowest BCUT2D eigenvalue weighted by atomic mass is 10.1. The molecular weight excluding hydrogens is 296 g/mol. The van der Waals surface area contributed by atoms with Gasteiger partial charge in [0.1, 0.15) is 4.90 Å². The number of hydrogen-bond acceptors (Lipinski definition) is 5. The van der Waals surface area contributed by atoms with Gasteiger partial charge in [-0.15, -0.1) is 0 Å². The molecule has 0 spiro atoms. The minimum Gasteiger partial charge on any atom is -0.478 e. The number of carbonyl (C=O) groups is 1. The Labute approximate surface area is 122 Å². The van der Waals surface area contributed by atoms with Crippen LogP contribution in [0.1, 0.15) is 29.6 Å². The number of aromatic carboxylic acids is 1. The maximum absolute atomic E-state index is 12.2. The minimum atomic E-state index is -3.79. The van der Waals surface area contributed by atoms with E-state index in [1.807, 2.05) is 0 Å². The van der Waals surface area contributed by atoms with Gasteiger partial charge in [0, 0.05) is 6.54 Å². The van der Waals surface area contributed by atoms with Crippen LogP contribution >= 0.6 is 0 Å². The molecule has 1 aliphatic rings. The molecule has 2 unspecified atom stereocenters. The lowest BCUT2D eigenvalue weighted by Gasteiger charge is -2.13. The molecule has 1 saturated carbocycles. The van der Waals surface area contributed by atoms with Gasteiger partial charge in [-0.25, -0.2) is 17.9 Å². The van der Waals surface area contributed by atoms with Crippen molar-refractivity contribution in [3.63, 3.8) is 0 Å². The molecule has 0 saturated heterocycles. The Kier molecular flexibility index (Phi) is 4.50. The van der Waals surface area contributed by atoms with Gasteiger partial charge in [-0.1, -0.05) is 0 Å². The number of anilines is 1. The number of rotatable bonds is 5. The second kappa shape index (κ2) is 6.00. The van der Waals surface area contributed by atoms with Crippen molar-refractivity contribution in [2.45, 2.75) is 30.3 Å². The Morgan fingerprint density at radius 1 is 1.38 bits per heavy atom. The van der Waals surface area contributed by atoms with Crippen molar-refractivity contribution in [2.24, 2.45) is 5.92 Å². The third kappa shape index (κ3) is 3.72. The SMILES string of the molecule is Nc1cc(C(=O)O)ccc1S(=O)(=O)NCC1CCC(O)C1. The van der Waals surface area contributed by atoms with E-state index >= 15 is 0 Å². The van der Waals surface area contributed by atoms with Crippen LogP contribution in [-0.2, 0) is 10.0 Å². The first-order chi connectivity index (χ1) is 9.79. The average Bonchev–Trinajstić information content (AvgIpc) is 2.82. The van der Waals surface area contributed by atoms with Gasteiger partial charge in [0.05, 0.1) is 17.4 Å². The highest BCUT2D eigenvalue weighted by molar-refractivity contribution is 7.89. The number of aliphatic hydroxyl groups is 1. The molecule has 21 heavy (non-hydrogen) atoms. The Morgan fingerprint density at radius 2 is 2.10 bits per heavy atom. The van der Waals surface area contributed by atoms with Crippen LogP contribution in [-0.4, -0.2) is 37.2 Å². The zero-order chi connectivity index (χ0) is 15.6. The number of aliphatic hydroxyl groups excluding tert-OH is 1. The van der Waals surface area contributed by atoms with Gasteiger partial charge in [0.25, 0.3) is 0 Å². The van der Waals surface area contributed by atoms with Crippen LogP contribution in [0.2, 0.25) is 0 Å². The molecule has 1 fully saturated rings. The van der Waals surface area contributed by atoms with E-state index in [4.69, 9.17) is 10.8 Å². The number of carboxylic acids is 1. The van der Waals surface area contributed by atoms with E-state index < -0.39 is 16.0 Å². The summed E-state index contributed by atoms with van der Waals surface area (Å²) in [7, 11) is -3.79. The number of benzene rings is 1. The van der Waals surface area contributed by atoms with Gasteiger partial charge in [0.2, 0.25) is 10.0 Å². The molecule has 8 heteroatoms. The molecular formula is C13H18N2O5S. The zero-order valence-electron chi connectivity index (χ0n) is 11.3. The molecule has 1 aliphatic carbocycles. The van der Waals surface area contributed by atoms with Crippen molar-refractivity contribution >= 4 is 21.7 Å². The third-order valence-corrected chi connectivity index (χ3v) is 5.12. The van der Waals surface area contributed by atoms with Gasteiger partial charge in [-0.2, -0.15) is 0 Å². The topological polar surface area (TPSA) is 130 Å². The first kappa shape index (κ1) is 15.7. The molecule has 2 rings (SSSR count). The van der Waals surface area contributed by atoms with Gasteiger partial charge in [-0.05, 0) is 43.4 Å². The molecule has 0 heterocycles. The monoisotopic (exact) mass is 314 g/mol. The van der Waals surface area contributed by atoms with Crippen LogP contribution in [0.3, 0.4) is 0 Å². The summed E-state index contributed by atoms with van der Waals surface area (Å²) in [5.74, 6) is -1.06. The van der Waals surface area contributed by atoms with E-state index in [2.05, 4.69) is 4.72 Å². The molecule has 1 aromatic carbocycles. The second-order valence-electron chi connectivity index (χ2n) is 5.24. The summed E-state index contributed by atoms with van der Waals surface area (Å²) in [5, 5.41) is 18.3.